The summed E-state index contributed by atoms with van der Waals surface area (Å²) in [5.74, 6) is 0.642. The summed E-state index contributed by atoms with van der Waals surface area (Å²) >= 11 is 1.36. The molecule has 1 aromatic carbocycles. The van der Waals surface area contributed by atoms with Crippen molar-refractivity contribution < 1.29 is 9.53 Å². The molecule has 1 atom stereocenters. The molecule has 3 aromatic rings. The highest BCUT2D eigenvalue weighted by Crippen LogP contribution is 2.27. The van der Waals surface area contributed by atoms with E-state index in [1.165, 1.54) is 11.3 Å². The van der Waals surface area contributed by atoms with Gasteiger partial charge in [-0.25, -0.2) is 4.98 Å². The minimum absolute atomic E-state index is 0.148. The van der Waals surface area contributed by atoms with Crippen LogP contribution in [-0.2, 0) is 0 Å². The highest BCUT2D eigenvalue weighted by Gasteiger charge is 2.15. The summed E-state index contributed by atoms with van der Waals surface area (Å²) in [6, 6.07) is 13.1. The number of hydrogen-bond acceptors (Lipinski definition) is 5. The van der Waals surface area contributed by atoms with Crippen LogP contribution in [0.2, 0.25) is 0 Å². The Kier molecular flexibility index (Phi) is 4.86. The predicted octanol–water partition coefficient (Wildman–Crippen LogP) is 3.70. The van der Waals surface area contributed by atoms with Crippen molar-refractivity contribution in [3.8, 4) is 16.3 Å². The van der Waals surface area contributed by atoms with Crippen LogP contribution in [0.3, 0.4) is 0 Å². The molecule has 1 amide bonds. The second kappa shape index (κ2) is 7.23. The van der Waals surface area contributed by atoms with Crippen molar-refractivity contribution in [3.63, 3.8) is 0 Å². The Hall–Kier alpha value is -2.73. The van der Waals surface area contributed by atoms with Gasteiger partial charge in [0, 0.05) is 11.8 Å². The molecule has 3 rings (SSSR count). The van der Waals surface area contributed by atoms with Crippen LogP contribution < -0.4 is 10.1 Å². The lowest BCUT2D eigenvalue weighted by molar-refractivity contribution is 0.0943. The van der Waals surface area contributed by atoms with Gasteiger partial charge in [-0.05, 0) is 43.3 Å². The molecular weight excluding hydrogens is 322 g/mol. The second-order valence-electron chi connectivity index (χ2n) is 5.21. The maximum atomic E-state index is 12.4. The molecule has 0 aliphatic carbocycles. The van der Waals surface area contributed by atoms with E-state index in [1.54, 1.807) is 19.5 Å². The van der Waals surface area contributed by atoms with Crippen molar-refractivity contribution in [1.82, 2.24) is 15.3 Å². The molecule has 2 heterocycles. The molecule has 122 valence electrons. The van der Waals surface area contributed by atoms with Crippen LogP contribution in [-0.4, -0.2) is 23.0 Å². The van der Waals surface area contributed by atoms with Crippen molar-refractivity contribution in [3.05, 3.63) is 65.4 Å². The third kappa shape index (κ3) is 3.60. The zero-order valence-corrected chi connectivity index (χ0v) is 14.2. The summed E-state index contributed by atoms with van der Waals surface area (Å²) in [5.41, 5.74) is 1.78. The van der Waals surface area contributed by atoms with E-state index in [0.717, 1.165) is 22.0 Å². The van der Waals surface area contributed by atoms with Crippen LogP contribution in [0, 0.1) is 0 Å². The second-order valence-corrected chi connectivity index (χ2v) is 6.24. The zero-order chi connectivity index (χ0) is 16.9. The number of carbonyl (C=O) groups is 1. The Labute approximate surface area is 144 Å². The minimum Gasteiger partial charge on any atom is -0.497 e. The van der Waals surface area contributed by atoms with Gasteiger partial charge in [0.1, 0.15) is 15.6 Å². The van der Waals surface area contributed by atoms with Gasteiger partial charge in [0.05, 0.1) is 25.0 Å². The SMILES string of the molecule is COc1ccc(-c2ncc(C(=O)N[C@H](C)c3ccccn3)s2)cc1. The first-order valence-electron chi connectivity index (χ1n) is 7.49. The average molecular weight is 339 g/mol. The van der Waals surface area contributed by atoms with E-state index in [1.807, 2.05) is 49.4 Å². The van der Waals surface area contributed by atoms with Crippen molar-refractivity contribution in [1.29, 1.82) is 0 Å². The molecule has 0 spiro atoms. The normalized spacial score (nSPS) is 11.8. The Morgan fingerprint density at radius 3 is 2.62 bits per heavy atom. The lowest BCUT2D eigenvalue weighted by Crippen LogP contribution is -2.26. The number of methoxy groups -OCH3 is 1. The highest BCUT2D eigenvalue weighted by atomic mass is 32.1. The number of nitrogens with zero attached hydrogens (tertiary/aromatic N) is 2. The van der Waals surface area contributed by atoms with E-state index in [4.69, 9.17) is 4.74 Å². The monoisotopic (exact) mass is 339 g/mol. The molecule has 0 aliphatic rings. The Balaban J connectivity index is 1.71. The number of carbonyl (C=O) groups excluding carboxylic acids is 1. The van der Waals surface area contributed by atoms with E-state index < -0.39 is 0 Å². The third-order valence-corrected chi connectivity index (χ3v) is 4.59. The van der Waals surface area contributed by atoms with Gasteiger partial charge in [-0.2, -0.15) is 0 Å². The fourth-order valence-electron chi connectivity index (χ4n) is 2.22. The van der Waals surface area contributed by atoms with Gasteiger partial charge >= 0.3 is 0 Å². The maximum absolute atomic E-state index is 12.4. The van der Waals surface area contributed by atoms with Gasteiger partial charge in [0.15, 0.2) is 0 Å². The minimum atomic E-state index is -0.162. The molecule has 0 saturated heterocycles. The number of ether oxygens (including phenoxy) is 1. The van der Waals surface area contributed by atoms with Crippen LogP contribution in [0.15, 0.2) is 54.9 Å². The lowest BCUT2D eigenvalue weighted by Gasteiger charge is -2.11. The maximum Gasteiger partial charge on any atom is 0.263 e. The fourth-order valence-corrected chi connectivity index (χ4v) is 3.04. The number of pyridine rings is 1. The molecule has 6 heteroatoms. The molecule has 0 radical (unpaired) electrons. The summed E-state index contributed by atoms with van der Waals surface area (Å²) < 4.78 is 5.15. The van der Waals surface area contributed by atoms with Gasteiger partial charge in [-0.3, -0.25) is 9.78 Å². The molecule has 0 saturated carbocycles. The van der Waals surface area contributed by atoms with E-state index in [9.17, 15) is 4.79 Å². The van der Waals surface area contributed by atoms with Crippen molar-refractivity contribution in [2.45, 2.75) is 13.0 Å². The van der Waals surface area contributed by atoms with Gasteiger partial charge in [0.2, 0.25) is 0 Å². The number of benzene rings is 1. The Bertz CT molecular complexity index is 816. The van der Waals surface area contributed by atoms with Gasteiger partial charge in [-0.1, -0.05) is 6.07 Å². The summed E-state index contributed by atoms with van der Waals surface area (Å²) in [4.78, 5) is 21.6. The van der Waals surface area contributed by atoms with Crippen molar-refractivity contribution in [2.24, 2.45) is 0 Å². The first-order chi connectivity index (χ1) is 11.7. The standard InChI is InChI=1S/C18H17N3O2S/c1-12(15-5-3-4-10-19-15)21-17(22)16-11-20-18(24-16)13-6-8-14(23-2)9-7-13/h3-12H,1-2H3,(H,21,22)/t12-/m1/s1. The summed E-state index contributed by atoms with van der Waals surface area (Å²) in [6.07, 6.45) is 3.32. The summed E-state index contributed by atoms with van der Waals surface area (Å²) in [5, 5.41) is 3.74. The molecule has 0 aliphatic heterocycles. The first kappa shape index (κ1) is 16.1. The molecule has 5 nitrogen and oxygen atoms in total. The molecule has 0 fully saturated rings. The zero-order valence-electron chi connectivity index (χ0n) is 13.4. The Morgan fingerprint density at radius 2 is 1.96 bits per heavy atom. The van der Waals surface area contributed by atoms with Crippen LogP contribution in [0.4, 0.5) is 0 Å². The largest absolute Gasteiger partial charge is 0.497 e. The van der Waals surface area contributed by atoms with Crippen LogP contribution >= 0.6 is 11.3 Å². The van der Waals surface area contributed by atoms with Crippen molar-refractivity contribution in [2.75, 3.05) is 7.11 Å². The first-order valence-corrected chi connectivity index (χ1v) is 8.31. The number of aromatic nitrogens is 2. The van der Waals surface area contributed by atoms with Crippen molar-refractivity contribution >= 4 is 17.2 Å². The fraction of sp³-hybridized carbons (Fsp3) is 0.167. The molecule has 24 heavy (non-hydrogen) atoms. The highest BCUT2D eigenvalue weighted by molar-refractivity contribution is 7.16. The molecule has 1 N–H and O–H groups in total. The van der Waals surface area contributed by atoms with Gasteiger partial charge in [-0.15, -0.1) is 11.3 Å². The third-order valence-electron chi connectivity index (χ3n) is 3.55. The molecule has 2 aromatic heterocycles. The van der Waals surface area contributed by atoms with Gasteiger partial charge in [0.25, 0.3) is 5.91 Å². The molecule has 0 unspecified atom stereocenters. The van der Waals surface area contributed by atoms with E-state index >= 15 is 0 Å². The van der Waals surface area contributed by atoms with Crippen LogP contribution in [0.25, 0.3) is 10.6 Å². The number of rotatable bonds is 5. The van der Waals surface area contributed by atoms with E-state index in [-0.39, 0.29) is 11.9 Å². The Morgan fingerprint density at radius 1 is 1.17 bits per heavy atom. The predicted molar refractivity (Wildman–Crippen MR) is 94.2 cm³/mol. The summed E-state index contributed by atoms with van der Waals surface area (Å²) in [6.45, 7) is 1.91. The molecular formula is C18H17N3O2S. The van der Waals surface area contributed by atoms with Crippen LogP contribution in [0.5, 0.6) is 5.75 Å². The molecule has 0 bridgehead atoms. The van der Waals surface area contributed by atoms with E-state index in [2.05, 4.69) is 15.3 Å². The van der Waals surface area contributed by atoms with Gasteiger partial charge < -0.3 is 10.1 Å². The average Bonchev–Trinajstić information content (AvgIpc) is 3.13. The summed E-state index contributed by atoms with van der Waals surface area (Å²) in [7, 11) is 1.63. The lowest BCUT2D eigenvalue weighted by atomic mass is 10.2. The smallest absolute Gasteiger partial charge is 0.263 e. The number of nitrogens with one attached hydrogen (secondary N) is 1. The van der Waals surface area contributed by atoms with Crippen LogP contribution in [0.1, 0.15) is 28.3 Å². The number of hydrogen-bond donors (Lipinski definition) is 1. The topological polar surface area (TPSA) is 64.1 Å². The quantitative estimate of drug-likeness (QED) is 0.770. The number of amides is 1. The van der Waals surface area contributed by atoms with E-state index in [0.29, 0.717) is 4.88 Å². The number of thiazole rings is 1.